The van der Waals surface area contributed by atoms with Gasteiger partial charge in [0.2, 0.25) is 0 Å². The number of aryl methyl sites for hydroxylation is 1. The second-order valence-corrected chi connectivity index (χ2v) is 5.22. The lowest BCUT2D eigenvalue weighted by molar-refractivity contribution is 0.386. The summed E-state index contributed by atoms with van der Waals surface area (Å²) in [5, 5.41) is 0. The summed E-state index contributed by atoms with van der Waals surface area (Å²) in [6.45, 7) is 1.67. The van der Waals surface area contributed by atoms with Crippen LogP contribution in [-0.4, -0.2) is 39.5 Å². The van der Waals surface area contributed by atoms with Crippen molar-refractivity contribution in [3.63, 3.8) is 0 Å². The molecule has 0 saturated heterocycles. The number of aromatic nitrogens is 3. The van der Waals surface area contributed by atoms with Gasteiger partial charge in [-0.2, -0.15) is 0 Å². The highest BCUT2D eigenvalue weighted by atomic mass is 16.1. The molecule has 0 unspecified atom stereocenters. The van der Waals surface area contributed by atoms with Gasteiger partial charge in [-0.05, 0) is 51.3 Å². The van der Waals surface area contributed by atoms with Crippen molar-refractivity contribution in [1.29, 1.82) is 0 Å². The van der Waals surface area contributed by atoms with E-state index < -0.39 is 0 Å². The zero-order valence-corrected chi connectivity index (χ0v) is 11.8. The first-order valence-corrected chi connectivity index (χ1v) is 6.78. The fraction of sp³-hybridized carbons (Fsp3) is 0.333. The van der Waals surface area contributed by atoms with Gasteiger partial charge in [-0.25, -0.2) is 4.98 Å². The fourth-order valence-electron chi connectivity index (χ4n) is 2.54. The van der Waals surface area contributed by atoms with Crippen molar-refractivity contribution in [1.82, 2.24) is 18.9 Å². The van der Waals surface area contributed by atoms with Gasteiger partial charge >= 0.3 is 0 Å². The van der Waals surface area contributed by atoms with Crippen LogP contribution in [0.25, 0.3) is 16.7 Å². The van der Waals surface area contributed by atoms with Crippen molar-refractivity contribution in [3.8, 4) is 0 Å². The third kappa shape index (κ3) is 2.10. The molecule has 3 heterocycles. The zero-order valence-electron chi connectivity index (χ0n) is 11.8. The van der Waals surface area contributed by atoms with E-state index in [1.165, 1.54) is 0 Å². The summed E-state index contributed by atoms with van der Waals surface area (Å²) in [5.74, 6) is 0. The van der Waals surface area contributed by atoms with Crippen LogP contribution < -0.4 is 5.56 Å². The summed E-state index contributed by atoms with van der Waals surface area (Å²) in [5.41, 5.74) is 2.45. The molecule has 5 nitrogen and oxygen atoms in total. The first-order chi connectivity index (χ1) is 9.68. The Hall–Kier alpha value is -2.14. The van der Waals surface area contributed by atoms with Crippen LogP contribution >= 0.6 is 0 Å². The average molecular weight is 270 g/mol. The quantitative estimate of drug-likeness (QED) is 0.723. The van der Waals surface area contributed by atoms with Gasteiger partial charge in [0, 0.05) is 18.9 Å². The Labute approximate surface area is 117 Å². The summed E-state index contributed by atoms with van der Waals surface area (Å²) >= 11 is 0. The zero-order chi connectivity index (χ0) is 14.1. The fourth-order valence-corrected chi connectivity index (χ4v) is 2.54. The Morgan fingerprint density at radius 1 is 1.20 bits per heavy atom. The molecule has 20 heavy (non-hydrogen) atoms. The van der Waals surface area contributed by atoms with Crippen LogP contribution in [0.1, 0.15) is 6.42 Å². The molecular formula is C15H18N4O. The van der Waals surface area contributed by atoms with E-state index in [1.807, 2.05) is 53.5 Å². The van der Waals surface area contributed by atoms with Gasteiger partial charge in [0.25, 0.3) is 5.56 Å². The summed E-state index contributed by atoms with van der Waals surface area (Å²) in [6.07, 6.45) is 4.58. The van der Waals surface area contributed by atoms with Gasteiger partial charge in [0.15, 0.2) is 5.65 Å². The van der Waals surface area contributed by atoms with Gasteiger partial charge in [0.05, 0.1) is 5.52 Å². The van der Waals surface area contributed by atoms with Crippen molar-refractivity contribution in [2.45, 2.75) is 13.0 Å². The summed E-state index contributed by atoms with van der Waals surface area (Å²) in [7, 11) is 4.08. The number of nitrogens with zero attached hydrogens (tertiary/aromatic N) is 4. The highest BCUT2D eigenvalue weighted by molar-refractivity contribution is 5.74. The molecule has 0 radical (unpaired) electrons. The predicted octanol–water partition coefficient (Wildman–Crippen LogP) is 1.60. The van der Waals surface area contributed by atoms with Crippen LogP contribution in [0.4, 0.5) is 0 Å². The summed E-state index contributed by atoms with van der Waals surface area (Å²) < 4.78 is 3.70. The standard InChI is InChI=1S/C15H18N4O/c1-17(2)9-5-11-19-12-6-3-8-16-14(12)18-10-4-7-13(18)15(19)20/h3-4,6-8,10H,5,9,11H2,1-2H3. The molecule has 0 spiro atoms. The monoisotopic (exact) mass is 270 g/mol. The molecule has 0 atom stereocenters. The van der Waals surface area contributed by atoms with Crippen molar-refractivity contribution >= 4 is 16.7 Å². The second kappa shape index (κ2) is 5.09. The predicted molar refractivity (Wildman–Crippen MR) is 80.1 cm³/mol. The number of fused-ring (bicyclic) bond motifs is 3. The number of hydrogen-bond donors (Lipinski definition) is 0. The van der Waals surface area contributed by atoms with Crippen LogP contribution in [0, 0.1) is 0 Å². The molecular weight excluding hydrogens is 252 g/mol. The largest absolute Gasteiger partial charge is 0.309 e. The van der Waals surface area contributed by atoms with Crippen LogP contribution in [0.3, 0.4) is 0 Å². The topological polar surface area (TPSA) is 42.5 Å². The average Bonchev–Trinajstić information content (AvgIpc) is 2.92. The lowest BCUT2D eigenvalue weighted by Crippen LogP contribution is -2.25. The normalized spacial score (nSPS) is 11.8. The molecule has 104 valence electrons. The molecule has 0 fully saturated rings. The SMILES string of the molecule is CN(C)CCCn1c(=O)c2cccn2c2ncccc21. The maximum absolute atomic E-state index is 12.6. The lowest BCUT2D eigenvalue weighted by Gasteiger charge is -2.13. The molecule has 0 aromatic carbocycles. The van der Waals surface area contributed by atoms with Crippen LogP contribution in [-0.2, 0) is 6.54 Å². The first kappa shape index (κ1) is 12.9. The molecule has 3 aromatic heterocycles. The van der Waals surface area contributed by atoms with E-state index in [1.54, 1.807) is 6.20 Å². The Kier molecular flexibility index (Phi) is 3.28. The molecule has 5 heteroatoms. The maximum atomic E-state index is 12.6. The van der Waals surface area contributed by atoms with Crippen molar-refractivity contribution in [3.05, 3.63) is 47.0 Å². The van der Waals surface area contributed by atoms with Crippen LogP contribution in [0.15, 0.2) is 41.5 Å². The van der Waals surface area contributed by atoms with E-state index in [2.05, 4.69) is 9.88 Å². The van der Waals surface area contributed by atoms with Gasteiger partial charge in [-0.15, -0.1) is 0 Å². The third-order valence-corrected chi connectivity index (χ3v) is 3.49. The Balaban J connectivity index is 2.17. The maximum Gasteiger partial charge on any atom is 0.275 e. The van der Waals surface area contributed by atoms with Gasteiger partial charge < -0.3 is 9.47 Å². The first-order valence-electron chi connectivity index (χ1n) is 6.78. The van der Waals surface area contributed by atoms with Gasteiger partial charge in [0.1, 0.15) is 5.52 Å². The highest BCUT2D eigenvalue weighted by Gasteiger charge is 2.10. The van der Waals surface area contributed by atoms with Crippen molar-refractivity contribution in [2.24, 2.45) is 0 Å². The Bertz CT molecular complexity index is 800. The molecule has 0 aliphatic heterocycles. The van der Waals surface area contributed by atoms with E-state index in [0.717, 1.165) is 24.1 Å². The Morgan fingerprint density at radius 2 is 2.00 bits per heavy atom. The molecule has 0 N–H and O–H groups in total. The van der Waals surface area contributed by atoms with E-state index in [9.17, 15) is 4.79 Å². The van der Waals surface area contributed by atoms with E-state index in [0.29, 0.717) is 12.1 Å². The van der Waals surface area contributed by atoms with Crippen molar-refractivity contribution in [2.75, 3.05) is 20.6 Å². The van der Waals surface area contributed by atoms with Crippen molar-refractivity contribution < 1.29 is 0 Å². The molecule has 3 rings (SSSR count). The highest BCUT2D eigenvalue weighted by Crippen LogP contribution is 2.12. The minimum atomic E-state index is 0.0502. The molecule has 0 saturated carbocycles. The van der Waals surface area contributed by atoms with Crippen LogP contribution in [0.2, 0.25) is 0 Å². The second-order valence-electron chi connectivity index (χ2n) is 5.22. The molecule has 0 aliphatic carbocycles. The van der Waals surface area contributed by atoms with E-state index in [4.69, 9.17) is 0 Å². The third-order valence-electron chi connectivity index (χ3n) is 3.49. The number of hydrogen-bond acceptors (Lipinski definition) is 3. The van der Waals surface area contributed by atoms with Gasteiger partial charge in [-0.1, -0.05) is 0 Å². The lowest BCUT2D eigenvalue weighted by atomic mass is 10.3. The van der Waals surface area contributed by atoms with E-state index >= 15 is 0 Å². The van der Waals surface area contributed by atoms with E-state index in [-0.39, 0.29) is 5.56 Å². The minimum absolute atomic E-state index is 0.0502. The minimum Gasteiger partial charge on any atom is -0.309 e. The Morgan fingerprint density at radius 3 is 2.80 bits per heavy atom. The molecule has 3 aromatic rings. The summed E-state index contributed by atoms with van der Waals surface area (Å²) in [4.78, 5) is 19.1. The molecule has 0 amide bonds. The smallest absolute Gasteiger partial charge is 0.275 e. The number of pyridine rings is 1. The number of rotatable bonds is 4. The van der Waals surface area contributed by atoms with Crippen LogP contribution in [0.5, 0.6) is 0 Å². The molecule has 0 bridgehead atoms. The van der Waals surface area contributed by atoms with Gasteiger partial charge in [-0.3, -0.25) is 9.20 Å². The molecule has 0 aliphatic rings. The summed E-state index contributed by atoms with van der Waals surface area (Å²) in [6, 6.07) is 7.56.